The van der Waals surface area contributed by atoms with Crippen LogP contribution in [0.5, 0.6) is 0 Å². The molecule has 0 spiro atoms. The summed E-state index contributed by atoms with van der Waals surface area (Å²) in [6, 6.07) is 0. The number of carbonyl (C=O) groups is 2. The van der Waals surface area contributed by atoms with Gasteiger partial charge in [0.05, 0.1) is 18.4 Å². The van der Waals surface area contributed by atoms with Gasteiger partial charge in [-0.1, -0.05) is 32.1 Å². The predicted molar refractivity (Wildman–Crippen MR) is 70.4 cm³/mol. The molecule has 0 amide bonds. The van der Waals surface area contributed by atoms with E-state index in [1.165, 1.54) is 32.1 Å². The molecule has 1 saturated carbocycles. The van der Waals surface area contributed by atoms with E-state index in [1.54, 1.807) is 0 Å². The molecule has 0 N–H and O–H groups in total. The molecule has 2 atom stereocenters. The van der Waals surface area contributed by atoms with E-state index in [9.17, 15) is 9.59 Å². The summed E-state index contributed by atoms with van der Waals surface area (Å²) < 4.78 is 10.5. The van der Waals surface area contributed by atoms with E-state index in [-0.39, 0.29) is 37.0 Å². The maximum atomic E-state index is 12.1. The highest BCUT2D eigenvalue weighted by Crippen LogP contribution is 2.31. The SMILES string of the molecule is CC1CC(CC2CCCCC2)C(=O)OCCC(=O)O1. The van der Waals surface area contributed by atoms with Gasteiger partial charge in [-0.25, -0.2) is 0 Å². The molecule has 0 aromatic heterocycles. The fourth-order valence-corrected chi connectivity index (χ4v) is 3.20. The normalized spacial score (nSPS) is 30.8. The molecule has 0 radical (unpaired) electrons. The van der Waals surface area contributed by atoms with Crippen LogP contribution in [0.1, 0.15) is 58.3 Å². The summed E-state index contributed by atoms with van der Waals surface area (Å²) in [4.78, 5) is 23.4. The van der Waals surface area contributed by atoms with Gasteiger partial charge in [-0.3, -0.25) is 9.59 Å². The van der Waals surface area contributed by atoms with Crippen LogP contribution in [0.25, 0.3) is 0 Å². The Morgan fingerprint density at radius 2 is 1.89 bits per heavy atom. The molecule has 19 heavy (non-hydrogen) atoms. The lowest BCUT2D eigenvalue weighted by atomic mass is 9.81. The summed E-state index contributed by atoms with van der Waals surface area (Å²) in [5, 5.41) is 0. The summed E-state index contributed by atoms with van der Waals surface area (Å²) in [6.07, 6.45) is 7.78. The van der Waals surface area contributed by atoms with E-state index >= 15 is 0 Å². The van der Waals surface area contributed by atoms with Gasteiger partial charge in [0.1, 0.15) is 6.61 Å². The minimum atomic E-state index is -0.265. The molecular formula is C15H24O4. The van der Waals surface area contributed by atoms with Crippen molar-refractivity contribution < 1.29 is 19.1 Å². The number of hydrogen-bond acceptors (Lipinski definition) is 4. The van der Waals surface area contributed by atoms with Gasteiger partial charge in [0, 0.05) is 0 Å². The van der Waals surface area contributed by atoms with Crippen LogP contribution in [0.2, 0.25) is 0 Å². The van der Waals surface area contributed by atoms with Crippen molar-refractivity contribution in [1.29, 1.82) is 0 Å². The third-order valence-corrected chi connectivity index (χ3v) is 4.18. The van der Waals surface area contributed by atoms with Crippen LogP contribution < -0.4 is 0 Å². The summed E-state index contributed by atoms with van der Waals surface area (Å²) in [5.41, 5.74) is 0. The van der Waals surface area contributed by atoms with E-state index in [1.807, 2.05) is 6.92 Å². The second kappa shape index (κ2) is 6.92. The lowest BCUT2D eigenvalue weighted by Gasteiger charge is -2.26. The van der Waals surface area contributed by atoms with Crippen LogP contribution in [-0.4, -0.2) is 24.6 Å². The number of carbonyl (C=O) groups excluding carboxylic acids is 2. The molecule has 108 valence electrons. The summed E-state index contributed by atoms with van der Waals surface area (Å²) in [5.74, 6) is 0.119. The molecule has 4 nitrogen and oxygen atoms in total. The van der Waals surface area contributed by atoms with E-state index < -0.39 is 0 Å². The van der Waals surface area contributed by atoms with Crippen molar-refractivity contribution in [1.82, 2.24) is 0 Å². The van der Waals surface area contributed by atoms with Gasteiger partial charge in [0.2, 0.25) is 0 Å². The van der Waals surface area contributed by atoms with Gasteiger partial charge in [0.15, 0.2) is 0 Å². The van der Waals surface area contributed by atoms with E-state index in [2.05, 4.69) is 0 Å². The van der Waals surface area contributed by atoms with Gasteiger partial charge >= 0.3 is 11.9 Å². The van der Waals surface area contributed by atoms with Crippen molar-refractivity contribution in [2.45, 2.75) is 64.4 Å². The highest BCUT2D eigenvalue weighted by molar-refractivity contribution is 5.74. The standard InChI is InChI=1S/C15H24O4/c1-11-9-13(10-12-5-3-2-4-6-12)15(17)18-8-7-14(16)19-11/h11-13H,2-10H2,1H3. The van der Waals surface area contributed by atoms with Gasteiger partial charge in [-0.15, -0.1) is 0 Å². The molecule has 1 aliphatic heterocycles. The average Bonchev–Trinajstić information content (AvgIpc) is 2.43. The van der Waals surface area contributed by atoms with Gasteiger partial charge in [-0.2, -0.15) is 0 Å². The van der Waals surface area contributed by atoms with E-state index in [0.717, 1.165) is 6.42 Å². The quantitative estimate of drug-likeness (QED) is 0.723. The number of esters is 2. The van der Waals surface area contributed by atoms with Crippen LogP contribution in [0.4, 0.5) is 0 Å². The molecule has 2 aliphatic rings. The maximum absolute atomic E-state index is 12.1. The lowest BCUT2D eigenvalue weighted by molar-refractivity contribution is -0.149. The third-order valence-electron chi connectivity index (χ3n) is 4.18. The van der Waals surface area contributed by atoms with Crippen LogP contribution >= 0.6 is 0 Å². The first-order valence-electron chi connectivity index (χ1n) is 7.51. The Kier molecular flexibility index (Phi) is 5.23. The first-order chi connectivity index (χ1) is 9.15. The summed E-state index contributed by atoms with van der Waals surface area (Å²) in [7, 11) is 0. The fourth-order valence-electron chi connectivity index (χ4n) is 3.20. The first kappa shape index (κ1) is 14.4. The second-order valence-electron chi connectivity index (χ2n) is 5.89. The van der Waals surface area contributed by atoms with Crippen LogP contribution in [0.3, 0.4) is 0 Å². The zero-order valence-corrected chi connectivity index (χ0v) is 11.7. The Labute approximate surface area is 114 Å². The molecule has 1 aliphatic carbocycles. The predicted octanol–water partition coefficient (Wildman–Crippen LogP) is 2.84. The third kappa shape index (κ3) is 4.51. The average molecular weight is 268 g/mol. The highest BCUT2D eigenvalue weighted by Gasteiger charge is 2.29. The highest BCUT2D eigenvalue weighted by atomic mass is 16.6. The van der Waals surface area contributed by atoms with Crippen molar-refractivity contribution >= 4 is 11.9 Å². The zero-order valence-electron chi connectivity index (χ0n) is 11.7. The van der Waals surface area contributed by atoms with Crippen LogP contribution in [0.15, 0.2) is 0 Å². The Morgan fingerprint density at radius 3 is 2.63 bits per heavy atom. The van der Waals surface area contributed by atoms with Crippen LogP contribution in [-0.2, 0) is 19.1 Å². The number of rotatable bonds is 2. The Hall–Kier alpha value is -1.06. The minimum absolute atomic E-state index is 0.107. The van der Waals surface area contributed by atoms with Gasteiger partial charge < -0.3 is 9.47 Å². The molecular weight excluding hydrogens is 244 g/mol. The van der Waals surface area contributed by atoms with Gasteiger partial charge in [0.25, 0.3) is 0 Å². The largest absolute Gasteiger partial charge is 0.465 e. The van der Waals surface area contributed by atoms with E-state index in [4.69, 9.17) is 9.47 Å². The molecule has 0 aromatic rings. The molecule has 0 bridgehead atoms. The molecule has 0 aromatic carbocycles. The van der Waals surface area contributed by atoms with Crippen molar-refractivity contribution in [3.8, 4) is 0 Å². The van der Waals surface area contributed by atoms with Crippen molar-refractivity contribution in [3.05, 3.63) is 0 Å². The van der Waals surface area contributed by atoms with Crippen LogP contribution in [0, 0.1) is 11.8 Å². The Balaban J connectivity index is 1.94. The Morgan fingerprint density at radius 1 is 1.16 bits per heavy atom. The molecule has 4 heteroatoms. The van der Waals surface area contributed by atoms with Crippen molar-refractivity contribution in [2.75, 3.05) is 6.61 Å². The monoisotopic (exact) mass is 268 g/mol. The first-order valence-corrected chi connectivity index (χ1v) is 7.51. The van der Waals surface area contributed by atoms with E-state index in [0.29, 0.717) is 12.3 Å². The lowest BCUT2D eigenvalue weighted by Crippen LogP contribution is -2.25. The molecule has 2 unspecified atom stereocenters. The second-order valence-corrected chi connectivity index (χ2v) is 5.89. The minimum Gasteiger partial charge on any atom is -0.465 e. The summed E-state index contributed by atoms with van der Waals surface area (Å²) in [6.45, 7) is 2.02. The summed E-state index contributed by atoms with van der Waals surface area (Å²) >= 11 is 0. The van der Waals surface area contributed by atoms with Crippen molar-refractivity contribution in [2.24, 2.45) is 11.8 Å². The zero-order chi connectivity index (χ0) is 13.7. The number of hydrogen-bond donors (Lipinski definition) is 0. The topological polar surface area (TPSA) is 52.6 Å². The fraction of sp³-hybridized carbons (Fsp3) is 0.867. The smallest absolute Gasteiger partial charge is 0.309 e. The molecule has 2 rings (SSSR count). The Bertz CT molecular complexity index is 320. The van der Waals surface area contributed by atoms with Gasteiger partial charge in [-0.05, 0) is 25.7 Å². The molecule has 1 heterocycles. The molecule has 1 saturated heterocycles. The number of ether oxygens (including phenoxy) is 2. The number of cyclic esters (lactones) is 2. The maximum Gasteiger partial charge on any atom is 0.309 e. The van der Waals surface area contributed by atoms with Crippen molar-refractivity contribution in [3.63, 3.8) is 0 Å². The molecule has 2 fully saturated rings.